The van der Waals surface area contributed by atoms with Crippen LogP contribution in [-0.2, 0) is 6.54 Å². The van der Waals surface area contributed by atoms with Crippen molar-refractivity contribution in [2.75, 3.05) is 18.4 Å². The van der Waals surface area contributed by atoms with Crippen molar-refractivity contribution in [2.24, 2.45) is 0 Å². The number of benzene rings is 2. The van der Waals surface area contributed by atoms with Crippen molar-refractivity contribution >= 4 is 51.5 Å². The fourth-order valence-corrected chi connectivity index (χ4v) is 3.40. The number of fused-ring (bicyclic) bond motifs is 1. The zero-order valence-electron chi connectivity index (χ0n) is 13.9. The van der Waals surface area contributed by atoms with E-state index in [1.807, 2.05) is 24.3 Å². The second-order valence-corrected chi connectivity index (χ2v) is 7.13. The molecule has 1 heterocycles. The summed E-state index contributed by atoms with van der Waals surface area (Å²) < 4.78 is 0. The molecule has 0 amide bonds. The molecule has 3 aromatic rings. The summed E-state index contributed by atoms with van der Waals surface area (Å²) in [4.78, 5) is 15.3. The first-order valence-electron chi connectivity index (χ1n) is 8.24. The molecule has 1 aromatic heterocycles. The maximum absolute atomic E-state index is 12.1. The fourth-order valence-electron chi connectivity index (χ4n) is 2.69. The van der Waals surface area contributed by atoms with Crippen molar-refractivity contribution in [3.63, 3.8) is 0 Å². The Morgan fingerprint density at radius 1 is 1.00 bits per heavy atom. The predicted molar refractivity (Wildman–Crippen MR) is 111 cm³/mol. The maximum atomic E-state index is 12.1. The monoisotopic (exact) mass is 409 g/mol. The summed E-state index contributed by atoms with van der Waals surface area (Å²) in [5.74, 6) is 0.721. The molecule has 3 rings (SSSR count). The largest absolute Gasteiger partial charge is 0.371 e. The molecule has 136 valence electrons. The summed E-state index contributed by atoms with van der Waals surface area (Å²) in [6.45, 7) is 2.10. The molecule has 0 bridgehead atoms. The van der Waals surface area contributed by atoms with E-state index in [-0.39, 0.29) is 5.43 Å². The maximum Gasteiger partial charge on any atom is 0.191 e. The van der Waals surface area contributed by atoms with E-state index in [1.165, 1.54) is 0 Å². The molecule has 0 spiro atoms. The lowest BCUT2D eigenvalue weighted by Crippen LogP contribution is -2.18. The van der Waals surface area contributed by atoms with Crippen LogP contribution in [0.4, 0.5) is 5.82 Å². The third-order valence-electron chi connectivity index (χ3n) is 3.97. The summed E-state index contributed by atoms with van der Waals surface area (Å²) in [6, 6.07) is 12.5. The lowest BCUT2D eigenvalue weighted by Gasteiger charge is -2.10. The molecular formula is C19H18Cl3N3O. The molecule has 0 aliphatic carbocycles. The van der Waals surface area contributed by atoms with Crippen LogP contribution in [0.3, 0.4) is 0 Å². The molecule has 0 radical (unpaired) electrons. The zero-order valence-corrected chi connectivity index (χ0v) is 16.2. The van der Waals surface area contributed by atoms with Gasteiger partial charge < -0.3 is 15.6 Å². The first-order chi connectivity index (χ1) is 12.5. The van der Waals surface area contributed by atoms with Crippen molar-refractivity contribution in [1.82, 2.24) is 10.3 Å². The molecular weight excluding hydrogens is 393 g/mol. The van der Waals surface area contributed by atoms with E-state index >= 15 is 0 Å². The van der Waals surface area contributed by atoms with E-state index in [1.54, 1.807) is 18.2 Å². The van der Waals surface area contributed by atoms with Crippen LogP contribution >= 0.6 is 34.8 Å². The zero-order chi connectivity index (χ0) is 18.5. The Kier molecular flexibility index (Phi) is 6.43. The van der Waals surface area contributed by atoms with Crippen molar-refractivity contribution < 1.29 is 0 Å². The van der Waals surface area contributed by atoms with Crippen LogP contribution in [0.25, 0.3) is 10.9 Å². The lowest BCUT2D eigenvalue weighted by molar-refractivity contribution is 0.663. The molecule has 0 unspecified atom stereocenters. The van der Waals surface area contributed by atoms with Crippen LogP contribution in [0, 0.1) is 0 Å². The van der Waals surface area contributed by atoms with Gasteiger partial charge in [-0.25, -0.2) is 0 Å². The second kappa shape index (κ2) is 8.78. The van der Waals surface area contributed by atoms with Gasteiger partial charge in [-0.2, -0.15) is 0 Å². The summed E-state index contributed by atoms with van der Waals surface area (Å²) in [7, 11) is 0. The number of aromatic nitrogens is 1. The van der Waals surface area contributed by atoms with Gasteiger partial charge in [0, 0.05) is 29.6 Å². The number of aromatic amines is 1. The van der Waals surface area contributed by atoms with Crippen molar-refractivity contribution in [3.05, 3.63) is 73.3 Å². The Labute approximate surface area is 166 Å². The predicted octanol–water partition coefficient (Wildman–Crippen LogP) is 5.08. The van der Waals surface area contributed by atoms with Crippen LogP contribution in [0.15, 0.2) is 47.3 Å². The van der Waals surface area contributed by atoms with Gasteiger partial charge in [0.25, 0.3) is 0 Å². The molecule has 2 aromatic carbocycles. The molecule has 0 saturated heterocycles. The number of rotatable bonds is 7. The Bertz CT molecular complexity index is 972. The minimum atomic E-state index is 0.00690. The minimum Gasteiger partial charge on any atom is -0.371 e. The van der Waals surface area contributed by atoms with E-state index in [9.17, 15) is 4.79 Å². The van der Waals surface area contributed by atoms with E-state index < -0.39 is 0 Å². The summed E-state index contributed by atoms with van der Waals surface area (Å²) in [5, 5.41) is 8.79. The number of pyridine rings is 1. The van der Waals surface area contributed by atoms with E-state index in [2.05, 4.69) is 15.6 Å². The van der Waals surface area contributed by atoms with Crippen molar-refractivity contribution in [1.29, 1.82) is 0 Å². The average Bonchev–Trinajstić information content (AvgIpc) is 2.62. The first-order valence-corrected chi connectivity index (χ1v) is 9.38. The van der Waals surface area contributed by atoms with Gasteiger partial charge in [-0.15, -0.1) is 0 Å². The smallest absolute Gasteiger partial charge is 0.191 e. The van der Waals surface area contributed by atoms with E-state index in [0.717, 1.165) is 36.4 Å². The Morgan fingerprint density at radius 3 is 2.65 bits per heavy atom. The van der Waals surface area contributed by atoms with Gasteiger partial charge in [-0.3, -0.25) is 4.79 Å². The van der Waals surface area contributed by atoms with Crippen LogP contribution in [0.2, 0.25) is 15.1 Å². The summed E-state index contributed by atoms with van der Waals surface area (Å²) >= 11 is 18.2. The molecule has 0 atom stereocenters. The summed E-state index contributed by atoms with van der Waals surface area (Å²) in [5.41, 5.74) is 1.71. The minimum absolute atomic E-state index is 0.00690. The number of para-hydroxylation sites is 1. The number of halogens is 3. The van der Waals surface area contributed by atoms with Crippen LogP contribution in [0.5, 0.6) is 0 Å². The number of nitrogens with one attached hydrogen (secondary N) is 3. The van der Waals surface area contributed by atoms with Gasteiger partial charge >= 0.3 is 0 Å². The third kappa shape index (κ3) is 4.71. The highest BCUT2D eigenvalue weighted by atomic mass is 35.5. The number of hydrogen-bond donors (Lipinski definition) is 3. The molecule has 7 heteroatoms. The van der Waals surface area contributed by atoms with Crippen molar-refractivity contribution in [3.8, 4) is 0 Å². The topological polar surface area (TPSA) is 56.9 Å². The van der Waals surface area contributed by atoms with Gasteiger partial charge in [0.05, 0.1) is 15.6 Å². The molecule has 0 saturated carbocycles. The second-order valence-electron chi connectivity index (χ2n) is 5.91. The van der Waals surface area contributed by atoms with Gasteiger partial charge in [-0.1, -0.05) is 46.9 Å². The highest BCUT2D eigenvalue weighted by molar-refractivity contribution is 6.43. The SMILES string of the molecule is O=c1cc(NCCCNCc2cc(Cl)cc(Cl)c2Cl)[nH]c2ccccc12. The molecule has 0 aliphatic heterocycles. The van der Waals surface area contributed by atoms with Gasteiger partial charge in [0.15, 0.2) is 5.43 Å². The molecule has 0 aliphatic rings. The molecule has 3 N–H and O–H groups in total. The Morgan fingerprint density at radius 2 is 1.81 bits per heavy atom. The van der Waals surface area contributed by atoms with Crippen LogP contribution < -0.4 is 16.1 Å². The third-order valence-corrected chi connectivity index (χ3v) is 5.03. The average molecular weight is 411 g/mol. The van der Waals surface area contributed by atoms with Gasteiger partial charge in [0.1, 0.15) is 5.82 Å². The molecule has 26 heavy (non-hydrogen) atoms. The molecule has 4 nitrogen and oxygen atoms in total. The fraction of sp³-hybridized carbons (Fsp3) is 0.211. The highest BCUT2D eigenvalue weighted by Gasteiger charge is 2.06. The van der Waals surface area contributed by atoms with Crippen molar-refractivity contribution in [2.45, 2.75) is 13.0 Å². The first kappa shape index (κ1) is 19.1. The summed E-state index contributed by atoms with van der Waals surface area (Å²) in [6.07, 6.45) is 0.876. The number of hydrogen-bond acceptors (Lipinski definition) is 3. The standard InChI is InChI=1S/C19H18Cl3N3O/c20-13-8-12(19(22)15(21)9-13)11-23-6-3-7-24-18-10-17(26)14-4-1-2-5-16(14)25-18/h1-2,4-5,8-10,23H,3,6-7,11H2,(H2,24,25,26). The van der Waals surface area contributed by atoms with Gasteiger partial charge in [0.2, 0.25) is 0 Å². The lowest BCUT2D eigenvalue weighted by atomic mass is 10.2. The van der Waals surface area contributed by atoms with Crippen LogP contribution in [0.1, 0.15) is 12.0 Å². The normalized spacial score (nSPS) is 11.0. The van der Waals surface area contributed by atoms with E-state index in [4.69, 9.17) is 34.8 Å². The Balaban J connectivity index is 1.47. The number of H-pyrrole nitrogens is 1. The number of anilines is 1. The molecule has 0 fully saturated rings. The Hall–Kier alpha value is -1.72. The quantitative estimate of drug-likeness (QED) is 0.376. The van der Waals surface area contributed by atoms with Crippen LogP contribution in [-0.4, -0.2) is 18.1 Å². The van der Waals surface area contributed by atoms with Gasteiger partial charge in [-0.05, 0) is 42.8 Å². The van der Waals surface area contributed by atoms with E-state index in [0.29, 0.717) is 27.0 Å². The highest BCUT2D eigenvalue weighted by Crippen LogP contribution is 2.29.